The number of methoxy groups -OCH3 is 2. The number of fused-ring (bicyclic) bond motifs is 2. The molecule has 0 bridgehead atoms. The molecule has 0 aliphatic carbocycles. The van der Waals surface area contributed by atoms with Gasteiger partial charge in [-0.2, -0.15) is 21.4 Å². The van der Waals surface area contributed by atoms with Crippen LogP contribution in [-0.2, 0) is 31.1 Å². The highest BCUT2D eigenvalue weighted by atomic mass is 32.2. The SMILES string of the molecule is COc1ccc2c(c1)C(C)(C)C(/C=C/C=C/C=C/C=C1/N(CCS(=O)(=O)O)c3ccc(OC)cc3C1(C)C)=[N+]2CCS(=O)(=O)O. The largest absolute Gasteiger partial charge is 0.497 e. The maximum Gasteiger partial charge on any atom is 0.271 e. The summed E-state index contributed by atoms with van der Waals surface area (Å²) in [6.07, 6.45) is 13.2. The molecule has 0 saturated heterocycles. The third kappa shape index (κ3) is 7.58. The fraction of sp³-hybridized carbons (Fsp3) is 0.364. The number of nitrogens with zero attached hydrogens (tertiary/aromatic N) is 2. The molecule has 12 heteroatoms. The van der Waals surface area contributed by atoms with E-state index in [-0.39, 0.29) is 13.1 Å². The fourth-order valence-electron chi connectivity index (χ4n) is 5.94. The van der Waals surface area contributed by atoms with Gasteiger partial charge in [0.2, 0.25) is 5.69 Å². The molecule has 2 aromatic rings. The van der Waals surface area contributed by atoms with Gasteiger partial charge < -0.3 is 14.4 Å². The first kappa shape index (κ1) is 34.2. The minimum absolute atomic E-state index is 0.0938. The van der Waals surface area contributed by atoms with Gasteiger partial charge in [0, 0.05) is 41.1 Å². The molecule has 2 aliphatic rings. The van der Waals surface area contributed by atoms with Gasteiger partial charge in [-0.25, -0.2) is 0 Å². The zero-order valence-electron chi connectivity index (χ0n) is 26.4. The van der Waals surface area contributed by atoms with E-state index in [1.54, 1.807) is 14.2 Å². The highest BCUT2D eigenvalue weighted by Gasteiger charge is 2.45. The van der Waals surface area contributed by atoms with Crippen molar-refractivity contribution in [2.24, 2.45) is 0 Å². The van der Waals surface area contributed by atoms with Gasteiger partial charge >= 0.3 is 0 Å². The van der Waals surface area contributed by atoms with Crippen LogP contribution in [0.15, 0.2) is 84.6 Å². The monoisotopic (exact) mass is 657 g/mol. The second-order valence-corrected chi connectivity index (χ2v) is 15.1. The lowest BCUT2D eigenvalue weighted by atomic mass is 9.81. The standard InChI is InChI=1S/C33H40N2O8S2/c1-32(2)26-22-24(42-5)14-16-28(26)34(18-20-44(36,37)38)30(32)12-10-8-7-9-11-13-31-33(3,4)27-23-25(43-6)15-17-29(27)35(31)19-21-45(39,40)41/h7-17,22-23H,18-21H2,1-6H3,(H-,36,37,38,39,40,41)/p+1. The normalized spacial score (nSPS) is 18.5. The van der Waals surface area contributed by atoms with Gasteiger partial charge in [-0.3, -0.25) is 9.11 Å². The van der Waals surface area contributed by atoms with Crippen molar-refractivity contribution < 1.29 is 40.0 Å². The van der Waals surface area contributed by atoms with Crippen molar-refractivity contribution in [1.82, 2.24) is 0 Å². The van der Waals surface area contributed by atoms with Crippen LogP contribution in [-0.4, -0.2) is 75.0 Å². The van der Waals surface area contributed by atoms with Crippen LogP contribution in [0.4, 0.5) is 11.4 Å². The van der Waals surface area contributed by atoms with Crippen molar-refractivity contribution in [2.75, 3.05) is 43.7 Å². The predicted molar refractivity (Wildman–Crippen MR) is 178 cm³/mol. The van der Waals surface area contributed by atoms with Gasteiger partial charge in [-0.15, -0.1) is 0 Å². The van der Waals surface area contributed by atoms with Crippen molar-refractivity contribution in [3.8, 4) is 11.5 Å². The zero-order chi connectivity index (χ0) is 33.2. The van der Waals surface area contributed by atoms with E-state index in [2.05, 4.69) is 27.7 Å². The Hall–Kier alpha value is -3.71. The van der Waals surface area contributed by atoms with E-state index < -0.39 is 42.6 Å². The molecule has 2 aromatic carbocycles. The molecule has 0 amide bonds. The number of hydrogen-bond acceptors (Lipinski definition) is 7. The average molecular weight is 658 g/mol. The Morgan fingerprint density at radius 1 is 0.778 bits per heavy atom. The lowest BCUT2D eigenvalue weighted by molar-refractivity contribution is -0.432. The summed E-state index contributed by atoms with van der Waals surface area (Å²) in [4.78, 5) is 1.91. The third-order valence-corrected chi connectivity index (χ3v) is 9.69. The van der Waals surface area contributed by atoms with Crippen LogP contribution in [0.1, 0.15) is 38.8 Å². The summed E-state index contributed by atoms with van der Waals surface area (Å²) in [6, 6.07) is 11.3. The van der Waals surface area contributed by atoms with E-state index in [4.69, 9.17) is 9.47 Å². The Kier molecular flexibility index (Phi) is 9.84. The molecule has 0 fully saturated rings. The molecular formula is C33H41N2O8S2+. The molecule has 45 heavy (non-hydrogen) atoms. The highest BCUT2D eigenvalue weighted by Crippen LogP contribution is 2.49. The van der Waals surface area contributed by atoms with Gasteiger partial charge in [0.05, 0.1) is 25.4 Å². The fourth-order valence-corrected chi connectivity index (χ4v) is 6.77. The molecule has 2 aliphatic heterocycles. The highest BCUT2D eigenvalue weighted by molar-refractivity contribution is 7.86. The van der Waals surface area contributed by atoms with E-state index in [1.165, 1.54) is 0 Å². The molecule has 0 atom stereocenters. The van der Waals surface area contributed by atoms with Crippen LogP contribution < -0.4 is 14.4 Å². The molecule has 0 spiro atoms. The second kappa shape index (κ2) is 13.0. The molecule has 0 saturated carbocycles. The van der Waals surface area contributed by atoms with E-state index in [0.717, 1.165) is 33.9 Å². The minimum Gasteiger partial charge on any atom is -0.497 e. The van der Waals surface area contributed by atoms with Gasteiger partial charge in [0.25, 0.3) is 20.2 Å². The molecular weight excluding hydrogens is 617 g/mol. The molecule has 0 radical (unpaired) electrons. The maximum absolute atomic E-state index is 11.6. The van der Waals surface area contributed by atoms with Gasteiger partial charge in [-0.1, -0.05) is 44.2 Å². The molecule has 4 rings (SSSR count). The smallest absolute Gasteiger partial charge is 0.271 e. The first-order valence-corrected chi connectivity index (χ1v) is 17.6. The number of hydrogen-bond donors (Lipinski definition) is 2. The Balaban J connectivity index is 1.59. The maximum atomic E-state index is 11.6. The molecule has 242 valence electrons. The summed E-state index contributed by atoms with van der Waals surface area (Å²) in [5, 5.41) is 0. The second-order valence-electron chi connectivity index (χ2n) is 12.0. The topological polar surface area (TPSA) is 133 Å². The Morgan fingerprint density at radius 2 is 1.36 bits per heavy atom. The lowest BCUT2D eigenvalue weighted by Gasteiger charge is -2.26. The van der Waals surface area contributed by atoms with Gasteiger partial charge in [0.1, 0.15) is 17.3 Å². The lowest BCUT2D eigenvalue weighted by Crippen LogP contribution is -2.30. The van der Waals surface area contributed by atoms with Gasteiger partial charge in [-0.05, 0) is 55.8 Å². The molecule has 0 unspecified atom stereocenters. The van der Waals surface area contributed by atoms with E-state index in [1.807, 2.05) is 88.4 Å². The van der Waals surface area contributed by atoms with Crippen molar-refractivity contribution in [1.29, 1.82) is 0 Å². The summed E-state index contributed by atoms with van der Waals surface area (Å²) < 4.78 is 77.9. The number of rotatable bonds is 12. The van der Waals surface area contributed by atoms with Crippen molar-refractivity contribution in [2.45, 2.75) is 38.5 Å². The van der Waals surface area contributed by atoms with Crippen molar-refractivity contribution >= 4 is 37.3 Å². The van der Waals surface area contributed by atoms with Crippen molar-refractivity contribution in [3.63, 3.8) is 0 Å². The zero-order valence-corrected chi connectivity index (χ0v) is 28.0. The summed E-state index contributed by atoms with van der Waals surface area (Å²) in [5.74, 6) is 0.580. The number of benzene rings is 2. The quantitative estimate of drug-likeness (QED) is 0.179. The summed E-state index contributed by atoms with van der Waals surface area (Å²) in [7, 11) is -5.12. The van der Waals surface area contributed by atoms with E-state index in [0.29, 0.717) is 11.5 Å². The first-order chi connectivity index (χ1) is 21.0. The first-order valence-electron chi connectivity index (χ1n) is 14.4. The summed E-state index contributed by atoms with van der Waals surface area (Å²) in [6.45, 7) is 8.41. The van der Waals surface area contributed by atoms with E-state index >= 15 is 0 Å². The van der Waals surface area contributed by atoms with Crippen LogP contribution in [0, 0.1) is 0 Å². The number of anilines is 1. The van der Waals surface area contributed by atoms with Crippen LogP contribution in [0.2, 0.25) is 0 Å². The molecule has 2 N–H and O–H groups in total. The van der Waals surface area contributed by atoms with Crippen LogP contribution >= 0.6 is 0 Å². The van der Waals surface area contributed by atoms with E-state index in [9.17, 15) is 25.9 Å². The average Bonchev–Trinajstić information content (AvgIpc) is 3.31. The number of ether oxygens (including phenoxy) is 2. The summed E-state index contributed by atoms with van der Waals surface area (Å²) in [5.41, 5.74) is 4.54. The van der Waals surface area contributed by atoms with Crippen LogP contribution in [0.25, 0.3) is 0 Å². The van der Waals surface area contributed by atoms with Crippen LogP contribution in [0.3, 0.4) is 0 Å². The summed E-state index contributed by atoms with van der Waals surface area (Å²) >= 11 is 0. The molecule has 10 nitrogen and oxygen atoms in total. The Labute approximate surface area is 266 Å². The Morgan fingerprint density at radius 3 is 1.98 bits per heavy atom. The number of allylic oxidation sites excluding steroid dienone is 8. The van der Waals surface area contributed by atoms with Gasteiger partial charge in [0.15, 0.2) is 12.3 Å². The minimum atomic E-state index is -4.16. The predicted octanol–water partition coefficient (Wildman–Crippen LogP) is 5.21. The molecule has 2 heterocycles. The molecule has 0 aromatic heterocycles. The Bertz CT molecular complexity index is 1830. The van der Waals surface area contributed by atoms with Crippen LogP contribution in [0.5, 0.6) is 11.5 Å². The third-order valence-electron chi connectivity index (χ3n) is 8.30. The van der Waals surface area contributed by atoms with Crippen molar-refractivity contribution in [3.05, 3.63) is 95.8 Å².